The van der Waals surface area contributed by atoms with Crippen molar-refractivity contribution >= 4 is 35.0 Å². The summed E-state index contributed by atoms with van der Waals surface area (Å²) in [6.45, 7) is 1.77. The number of benzene rings is 2. The van der Waals surface area contributed by atoms with E-state index in [1.54, 1.807) is 0 Å². The van der Waals surface area contributed by atoms with Crippen molar-refractivity contribution in [3.63, 3.8) is 0 Å². The van der Waals surface area contributed by atoms with Gasteiger partial charge in [0.2, 0.25) is 11.8 Å². The Kier molecular flexibility index (Phi) is 7.22. The highest BCUT2D eigenvalue weighted by Gasteiger charge is 2.40. The van der Waals surface area contributed by atoms with Crippen LogP contribution in [-0.4, -0.2) is 23.9 Å². The van der Waals surface area contributed by atoms with Crippen LogP contribution in [0.25, 0.3) is 10.8 Å². The lowest BCUT2D eigenvalue weighted by atomic mass is 9.80. The molecule has 1 saturated carbocycles. The molecular weight excluding hydrogens is 362 g/mol. The van der Waals surface area contributed by atoms with Crippen molar-refractivity contribution in [2.75, 3.05) is 6.54 Å². The Labute approximate surface area is 166 Å². The van der Waals surface area contributed by atoms with Gasteiger partial charge in [0.25, 0.3) is 0 Å². The molecular formula is C21H28ClN3O2. The topological polar surface area (TPSA) is 84.2 Å². The molecule has 0 heterocycles. The van der Waals surface area contributed by atoms with Crippen molar-refractivity contribution in [1.82, 2.24) is 10.6 Å². The number of hydrogen-bond acceptors (Lipinski definition) is 3. The molecule has 6 heteroatoms. The van der Waals surface area contributed by atoms with Gasteiger partial charge < -0.3 is 16.4 Å². The molecule has 1 atom stereocenters. The number of carbonyl (C=O) groups excluding carboxylic acids is 2. The van der Waals surface area contributed by atoms with E-state index in [0.717, 1.165) is 35.6 Å². The zero-order chi connectivity index (χ0) is 18.6. The van der Waals surface area contributed by atoms with E-state index in [-0.39, 0.29) is 30.3 Å². The number of rotatable bonds is 5. The van der Waals surface area contributed by atoms with Crippen molar-refractivity contribution in [2.45, 2.75) is 50.6 Å². The first kappa shape index (κ1) is 21.2. The van der Waals surface area contributed by atoms with Gasteiger partial charge in [0.1, 0.15) is 5.54 Å². The van der Waals surface area contributed by atoms with Crippen LogP contribution in [0, 0.1) is 0 Å². The van der Waals surface area contributed by atoms with Gasteiger partial charge in [-0.3, -0.25) is 9.59 Å². The smallest absolute Gasteiger partial charge is 0.246 e. The lowest BCUT2D eigenvalue weighted by Gasteiger charge is -2.37. The number of nitrogens with two attached hydrogens (primary N) is 1. The van der Waals surface area contributed by atoms with Gasteiger partial charge in [-0.2, -0.15) is 0 Å². The Bertz CT molecular complexity index is 803. The van der Waals surface area contributed by atoms with Crippen LogP contribution in [0.4, 0.5) is 0 Å². The Balaban J connectivity index is 0.00000261. The van der Waals surface area contributed by atoms with Gasteiger partial charge in [-0.1, -0.05) is 55.7 Å². The number of fused-ring (bicyclic) bond motifs is 1. The third-order valence-electron chi connectivity index (χ3n) is 5.27. The third kappa shape index (κ3) is 4.79. The number of amides is 2. The first-order chi connectivity index (χ1) is 12.5. The van der Waals surface area contributed by atoms with E-state index in [9.17, 15) is 9.59 Å². The van der Waals surface area contributed by atoms with Crippen LogP contribution in [-0.2, 0) is 9.59 Å². The van der Waals surface area contributed by atoms with E-state index in [1.165, 1.54) is 6.92 Å². The van der Waals surface area contributed by atoms with Crippen molar-refractivity contribution in [1.29, 1.82) is 0 Å². The van der Waals surface area contributed by atoms with Crippen molar-refractivity contribution in [3.8, 4) is 0 Å². The molecule has 0 bridgehead atoms. The zero-order valence-electron chi connectivity index (χ0n) is 15.7. The predicted molar refractivity (Wildman–Crippen MR) is 111 cm³/mol. The number of halogens is 1. The summed E-state index contributed by atoms with van der Waals surface area (Å²) in [7, 11) is 0. The largest absolute Gasteiger partial charge is 0.346 e. The molecule has 0 aliphatic heterocycles. The summed E-state index contributed by atoms with van der Waals surface area (Å²) in [6.07, 6.45) is 4.33. The molecule has 1 aliphatic rings. The Hall–Kier alpha value is -2.11. The normalized spacial score (nSPS) is 16.8. The van der Waals surface area contributed by atoms with E-state index < -0.39 is 5.54 Å². The van der Waals surface area contributed by atoms with Crippen molar-refractivity contribution < 1.29 is 9.59 Å². The minimum atomic E-state index is -0.811. The fourth-order valence-electron chi connectivity index (χ4n) is 3.90. The lowest BCUT2D eigenvalue weighted by Crippen LogP contribution is -2.60. The summed E-state index contributed by atoms with van der Waals surface area (Å²) in [5.41, 5.74) is 6.14. The third-order valence-corrected chi connectivity index (χ3v) is 5.27. The van der Waals surface area contributed by atoms with E-state index in [0.29, 0.717) is 19.4 Å². The highest BCUT2D eigenvalue weighted by molar-refractivity contribution is 5.91. The van der Waals surface area contributed by atoms with Crippen LogP contribution in [0.15, 0.2) is 42.5 Å². The molecule has 0 radical (unpaired) electrons. The molecule has 2 aromatic carbocycles. The molecule has 4 N–H and O–H groups in total. The molecule has 1 unspecified atom stereocenters. The molecule has 27 heavy (non-hydrogen) atoms. The maximum absolute atomic E-state index is 13.1. The second kappa shape index (κ2) is 9.20. The minimum Gasteiger partial charge on any atom is -0.346 e. The number of nitrogens with one attached hydrogen (secondary N) is 2. The van der Waals surface area contributed by atoms with Crippen LogP contribution in [0.2, 0.25) is 0 Å². The molecule has 2 aromatic rings. The number of carbonyl (C=O) groups is 2. The summed E-state index contributed by atoms with van der Waals surface area (Å²) in [4.78, 5) is 24.8. The van der Waals surface area contributed by atoms with E-state index in [2.05, 4.69) is 22.8 Å². The van der Waals surface area contributed by atoms with E-state index in [4.69, 9.17) is 5.73 Å². The standard InChI is InChI=1S/C21H27N3O2.ClH/c1-15(25)24-21(11-5-2-6-12-21)20(26)23-19(14-22)18-10-9-16-7-3-4-8-17(16)13-18;/h3-4,7-10,13,19H,2,5-6,11-12,14,22H2,1H3,(H,23,26)(H,24,25);1H. The molecule has 5 nitrogen and oxygen atoms in total. The molecule has 1 fully saturated rings. The first-order valence-electron chi connectivity index (χ1n) is 9.32. The van der Waals surface area contributed by atoms with Gasteiger partial charge >= 0.3 is 0 Å². The maximum atomic E-state index is 13.1. The summed E-state index contributed by atoms with van der Waals surface area (Å²) in [6, 6.07) is 14.0. The highest BCUT2D eigenvalue weighted by Crippen LogP contribution is 2.29. The van der Waals surface area contributed by atoms with Crippen LogP contribution in [0.3, 0.4) is 0 Å². The van der Waals surface area contributed by atoms with Gasteiger partial charge in [0.05, 0.1) is 6.04 Å². The van der Waals surface area contributed by atoms with Crippen molar-refractivity contribution in [3.05, 3.63) is 48.0 Å². The minimum absolute atomic E-state index is 0. The fraction of sp³-hybridized carbons (Fsp3) is 0.429. The molecule has 1 aliphatic carbocycles. The molecule has 0 spiro atoms. The quantitative estimate of drug-likeness (QED) is 0.734. The van der Waals surface area contributed by atoms with E-state index >= 15 is 0 Å². The molecule has 0 aromatic heterocycles. The van der Waals surface area contributed by atoms with Crippen LogP contribution < -0.4 is 16.4 Å². The lowest BCUT2D eigenvalue weighted by molar-refractivity contribution is -0.134. The zero-order valence-corrected chi connectivity index (χ0v) is 16.5. The molecule has 0 saturated heterocycles. The number of hydrogen-bond donors (Lipinski definition) is 3. The van der Waals surface area contributed by atoms with Crippen LogP contribution in [0.5, 0.6) is 0 Å². The second-order valence-corrected chi connectivity index (χ2v) is 7.19. The summed E-state index contributed by atoms with van der Waals surface area (Å²) < 4.78 is 0. The molecule has 146 valence electrons. The van der Waals surface area contributed by atoms with Gasteiger partial charge in [-0.25, -0.2) is 0 Å². The van der Waals surface area contributed by atoms with Gasteiger partial charge in [0.15, 0.2) is 0 Å². The Morgan fingerprint density at radius 3 is 2.37 bits per heavy atom. The van der Waals surface area contributed by atoms with Gasteiger partial charge in [-0.05, 0) is 35.2 Å². The van der Waals surface area contributed by atoms with E-state index in [1.807, 2.05) is 30.3 Å². The summed E-state index contributed by atoms with van der Waals surface area (Å²) in [5, 5.41) is 8.27. The van der Waals surface area contributed by atoms with Gasteiger partial charge in [0, 0.05) is 13.5 Å². The average Bonchev–Trinajstić information content (AvgIpc) is 2.65. The summed E-state index contributed by atoms with van der Waals surface area (Å²) >= 11 is 0. The monoisotopic (exact) mass is 389 g/mol. The molecule has 3 rings (SSSR count). The average molecular weight is 390 g/mol. The maximum Gasteiger partial charge on any atom is 0.246 e. The Morgan fingerprint density at radius 2 is 1.74 bits per heavy atom. The molecule has 2 amide bonds. The first-order valence-corrected chi connectivity index (χ1v) is 9.32. The highest BCUT2D eigenvalue weighted by atomic mass is 35.5. The summed E-state index contributed by atoms with van der Waals surface area (Å²) in [5.74, 6) is -0.298. The second-order valence-electron chi connectivity index (χ2n) is 7.19. The SMILES string of the molecule is CC(=O)NC1(C(=O)NC(CN)c2ccc3ccccc3c2)CCCCC1.Cl. The Morgan fingerprint density at radius 1 is 1.07 bits per heavy atom. The predicted octanol–water partition coefficient (Wildman–Crippen LogP) is 3.22. The van der Waals surface area contributed by atoms with Crippen LogP contribution in [0.1, 0.15) is 50.6 Å². The van der Waals surface area contributed by atoms with Crippen LogP contribution >= 0.6 is 12.4 Å². The van der Waals surface area contributed by atoms with Crippen molar-refractivity contribution in [2.24, 2.45) is 5.73 Å². The van der Waals surface area contributed by atoms with Gasteiger partial charge in [-0.15, -0.1) is 12.4 Å². The fourth-order valence-corrected chi connectivity index (χ4v) is 3.90.